The van der Waals surface area contributed by atoms with Crippen molar-refractivity contribution >= 4 is 28.3 Å². The zero-order chi connectivity index (χ0) is 15.0. The van der Waals surface area contributed by atoms with Gasteiger partial charge in [-0.15, -0.1) is 0 Å². The molecule has 0 unspecified atom stereocenters. The minimum absolute atomic E-state index is 0.746. The molecule has 5 heteroatoms. The molecule has 0 bridgehead atoms. The summed E-state index contributed by atoms with van der Waals surface area (Å²) in [4.78, 5) is 4.47. The van der Waals surface area contributed by atoms with Crippen molar-refractivity contribution in [2.24, 2.45) is 7.05 Å². The number of fused-ring (bicyclic) bond motifs is 1. The third-order valence-corrected chi connectivity index (χ3v) is 3.89. The lowest BCUT2D eigenvalue weighted by Gasteiger charge is -2.09. The number of halogens is 1. The number of aromatic nitrogens is 3. The first kappa shape index (κ1) is 13.9. The molecule has 0 saturated carbocycles. The largest absolute Gasteiger partial charge is 0.380 e. The highest BCUT2D eigenvalue weighted by atomic mass is 35.5. The number of aryl methyl sites for hydroxylation is 3. The highest BCUT2D eigenvalue weighted by Crippen LogP contribution is 2.21. The van der Waals surface area contributed by atoms with Gasteiger partial charge in [-0.05, 0) is 43.2 Å². The molecule has 0 spiro atoms. The predicted molar refractivity (Wildman–Crippen MR) is 86.8 cm³/mol. The van der Waals surface area contributed by atoms with Crippen LogP contribution in [0.5, 0.6) is 0 Å². The van der Waals surface area contributed by atoms with Crippen LogP contribution in [-0.2, 0) is 13.6 Å². The summed E-state index contributed by atoms with van der Waals surface area (Å²) in [7, 11) is 1.91. The standard InChI is InChI=1S/C16H17ClN4/c1-10-6-13(17)5-4-12(10)8-18-14-7-15-11(2)20-21(3)16(15)19-9-14/h4-7,9,18H,8H2,1-3H3. The minimum Gasteiger partial charge on any atom is -0.380 e. The van der Waals surface area contributed by atoms with E-state index in [2.05, 4.69) is 28.4 Å². The van der Waals surface area contributed by atoms with Crippen LogP contribution in [0.1, 0.15) is 16.8 Å². The average Bonchev–Trinajstić information content (AvgIpc) is 2.73. The fourth-order valence-corrected chi connectivity index (χ4v) is 2.69. The van der Waals surface area contributed by atoms with Gasteiger partial charge >= 0.3 is 0 Å². The van der Waals surface area contributed by atoms with Crippen molar-refractivity contribution in [1.82, 2.24) is 14.8 Å². The van der Waals surface area contributed by atoms with Crippen molar-refractivity contribution in [1.29, 1.82) is 0 Å². The fourth-order valence-electron chi connectivity index (χ4n) is 2.46. The van der Waals surface area contributed by atoms with Gasteiger partial charge in [-0.1, -0.05) is 17.7 Å². The number of hydrogen-bond acceptors (Lipinski definition) is 3. The van der Waals surface area contributed by atoms with Crippen molar-refractivity contribution in [3.63, 3.8) is 0 Å². The lowest BCUT2D eigenvalue weighted by Crippen LogP contribution is -2.02. The zero-order valence-corrected chi connectivity index (χ0v) is 13.1. The number of anilines is 1. The highest BCUT2D eigenvalue weighted by Gasteiger charge is 2.07. The van der Waals surface area contributed by atoms with E-state index < -0.39 is 0 Å². The smallest absolute Gasteiger partial charge is 0.157 e. The molecule has 1 N–H and O–H groups in total. The van der Waals surface area contributed by atoms with Gasteiger partial charge in [0.25, 0.3) is 0 Å². The Morgan fingerprint density at radius 3 is 2.81 bits per heavy atom. The summed E-state index contributed by atoms with van der Waals surface area (Å²) in [6.07, 6.45) is 1.84. The van der Waals surface area contributed by atoms with E-state index in [1.54, 1.807) is 4.68 Å². The van der Waals surface area contributed by atoms with Gasteiger partial charge in [0, 0.05) is 24.0 Å². The van der Waals surface area contributed by atoms with E-state index in [1.807, 2.05) is 38.4 Å². The summed E-state index contributed by atoms with van der Waals surface area (Å²) in [5.74, 6) is 0. The first-order valence-corrected chi connectivity index (χ1v) is 7.20. The molecule has 4 nitrogen and oxygen atoms in total. The molecule has 2 heterocycles. The number of pyridine rings is 1. The SMILES string of the molecule is Cc1cc(Cl)ccc1CNc1cnc2c(c1)c(C)nn2C. The van der Waals surface area contributed by atoms with Gasteiger partial charge in [0.05, 0.1) is 17.6 Å². The minimum atomic E-state index is 0.746. The second-order valence-electron chi connectivity index (χ2n) is 5.23. The Hall–Kier alpha value is -2.07. The van der Waals surface area contributed by atoms with E-state index in [0.29, 0.717) is 0 Å². The average molecular weight is 301 g/mol. The Kier molecular flexibility index (Phi) is 3.55. The molecule has 0 fully saturated rings. The van der Waals surface area contributed by atoms with Gasteiger partial charge in [-0.3, -0.25) is 4.68 Å². The first-order chi connectivity index (χ1) is 10.0. The molecular formula is C16H17ClN4. The van der Waals surface area contributed by atoms with Crippen LogP contribution in [0.15, 0.2) is 30.5 Å². The number of nitrogens with zero attached hydrogens (tertiary/aromatic N) is 3. The lowest BCUT2D eigenvalue weighted by atomic mass is 10.1. The molecular weight excluding hydrogens is 284 g/mol. The van der Waals surface area contributed by atoms with Crippen LogP contribution in [0.2, 0.25) is 5.02 Å². The molecule has 108 valence electrons. The second kappa shape index (κ2) is 5.37. The number of nitrogens with one attached hydrogen (secondary N) is 1. The van der Waals surface area contributed by atoms with Crippen molar-refractivity contribution in [3.05, 3.63) is 52.3 Å². The molecule has 0 aliphatic carbocycles. The Morgan fingerprint density at radius 1 is 1.24 bits per heavy atom. The van der Waals surface area contributed by atoms with Gasteiger partial charge in [-0.2, -0.15) is 5.10 Å². The summed E-state index contributed by atoms with van der Waals surface area (Å²) in [5.41, 5.74) is 5.30. The maximum absolute atomic E-state index is 5.98. The summed E-state index contributed by atoms with van der Waals surface area (Å²) >= 11 is 5.98. The van der Waals surface area contributed by atoms with Crippen molar-refractivity contribution in [2.45, 2.75) is 20.4 Å². The number of hydrogen-bond donors (Lipinski definition) is 1. The third-order valence-electron chi connectivity index (χ3n) is 3.65. The molecule has 21 heavy (non-hydrogen) atoms. The second-order valence-corrected chi connectivity index (χ2v) is 5.66. The maximum Gasteiger partial charge on any atom is 0.157 e. The topological polar surface area (TPSA) is 42.7 Å². The van der Waals surface area contributed by atoms with Crippen LogP contribution < -0.4 is 5.32 Å². The first-order valence-electron chi connectivity index (χ1n) is 6.83. The zero-order valence-electron chi connectivity index (χ0n) is 12.3. The van der Waals surface area contributed by atoms with E-state index >= 15 is 0 Å². The van der Waals surface area contributed by atoms with E-state index in [1.165, 1.54) is 11.1 Å². The third kappa shape index (κ3) is 2.72. The molecule has 3 rings (SSSR count). The van der Waals surface area contributed by atoms with Crippen molar-refractivity contribution < 1.29 is 0 Å². The molecule has 2 aromatic heterocycles. The van der Waals surface area contributed by atoms with Gasteiger partial charge in [0.2, 0.25) is 0 Å². The van der Waals surface area contributed by atoms with Crippen molar-refractivity contribution in [3.8, 4) is 0 Å². The van der Waals surface area contributed by atoms with Gasteiger partial charge in [0.1, 0.15) is 0 Å². The normalized spacial score (nSPS) is 11.0. The van der Waals surface area contributed by atoms with Gasteiger partial charge in [-0.25, -0.2) is 4.98 Å². The van der Waals surface area contributed by atoms with Crippen LogP contribution in [-0.4, -0.2) is 14.8 Å². The van der Waals surface area contributed by atoms with E-state index in [4.69, 9.17) is 11.6 Å². The fraction of sp³-hybridized carbons (Fsp3) is 0.250. The summed E-state index contributed by atoms with van der Waals surface area (Å²) < 4.78 is 1.80. The van der Waals surface area contributed by atoms with Crippen LogP contribution in [0.4, 0.5) is 5.69 Å². The Morgan fingerprint density at radius 2 is 2.05 bits per heavy atom. The van der Waals surface area contributed by atoms with Crippen LogP contribution in [0, 0.1) is 13.8 Å². The Bertz CT molecular complexity index is 807. The number of benzene rings is 1. The maximum atomic E-state index is 5.98. The predicted octanol–water partition coefficient (Wildman–Crippen LogP) is 3.85. The summed E-state index contributed by atoms with van der Waals surface area (Å²) in [5, 5.41) is 9.64. The lowest BCUT2D eigenvalue weighted by molar-refractivity contribution is 0.774. The van der Waals surface area contributed by atoms with Crippen LogP contribution in [0.3, 0.4) is 0 Å². The van der Waals surface area contributed by atoms with E-state index in [-0.39, 0.29) is 0 Å². The molecule has 0 radical (unpaired) electrons. The molecule has 0 amide bonds. The van der Waals surface area contributed by atoms with Gasteiger partial charge < -0.3 is 5.32 Å². The Balaban J connectivity index is 1.83. The summed E-state index contributed by atoms with van der Waals surface area (Å²) in [6, 6.07) is 8.03. The molecule has 0 saturated heterocycles. The van der Waals surface area contributed by atoms with Crippen LogP contribution >= 0.6 is 11.6 Å². The molecule has 1 aromatic carbocycles. The molecule has 0 aliphatic heterocycles. The quantitative estimate of drug-likeness (QED) is 0.799. The molecule has 3 aromatic rings. The summed E-state index contributed by atoms with van der Waals surface area (Å²) in [6.45, 7) is 4.81. The van der Waals surface area contributed by atoms with E-state index in [9.17, 15) is 0 Å². The molecule has 0 atom stereocenters. The number of rotatable bonds is 3. The van der Waals surface area contributed by atoms with Crippen molar-refractivity contribution in [2.75, 3.05) is 5.32 Å². The monoisotopic (exact) mass is 300 g/mol. The molecule has 0 aliphatic rings. The van der Waals surface area contributed by atoms with Gasteiger partial charge in [0.15, 0.2) is 5.65 Å². The van der Waals surface area contributed by atoms with Crippen LogP contribution in [0.25, 0.3) is 11.0 Å². The Labute approximate surface area is 128 Å². The highest BCUT2D eigenvalue weighted by molar-refractivity contribution is 6.30. The van der Waals surface area contributed by atoms with E-state index in [0.717, 1.165) is 34.0 Å².